The molecule has 0 saturated carbocycles. The van der Waals surface area contributed by atoms with Crippen LogP contribution in [-0.2, 0) is 6.54 Å². The van der Waals surface area contributed by atoms with Crippen molar-refractivity contribution in [3.05, 3.63) is 22.8 Å². The fourth-order valence-electron chi connectivity index (χ4n) is 1.32. The lowest BCUT2D eigenvalue weighted by atomic mass is 10.1. The number of anilines is 1. The number of halogens is 1. The molecule has 0 aliphatic carbocycles. The Bertz CT molecular complexity index is 371. The number of nitrogens with one attached hydrogen (secondary N) is 1. The summed E-state index contributed by atoms with van der Waals surface area (Å²) in [5.41, 5.74) is 0.969. The molecule has 1 rings (SSSR count). The molecule has 0 spiro atoms. The molecule has 0 radical (unpaired) electrons. The van der Waals surface area contributed by atoms with Gasteiger partial charge in [-0.05, 0) is 39.8 Å². The Labute approximate surface area is 109 Å². The Morgan fingerprint density at radius 1 is 1.35 bits per heavy atom. The lowest BCUT2D eigenvalue weighted by Gasteiger charge is -2.22. The molecule has 1 heterocycles. The SMILES string of the molecule is CCN(C)c1ccc(Cl)c(CNC(C)(C)C)n1. The van der Waals surface area contributed by atoms with Crippen LogP contribution in [0.5, 0.6) is 0 Å². The van der Waals surface area contributed by atoms with E-state index in [1.54, 1.807) is 0 Å². The van der Waals surface area contributed by atoms with Gasteiger partial charge in [-0.3, -0.25) is 0 Å². The molecule has 0 aliphatic heterocycles. The largest absolute Gasteiger partial charge is 0.360 e. The third-order valence-corrected chi connectivity index (χ3v) is 2.90. The highest BCUT2D eigenvalue weighted by Crippen LogP contribution is 2.19. The van der Waals surface area contributed by atoms with Crippen molar-refractivity contribution in [3.8, 4) is 0 Å². The van der Waals surface area contributed by atoms with E-state index in [0.29, 0.717) is 6.54 Å². The van der Waals surface area contributed by atoms with Gasteiger partial charge in [-0.15, -0.1) is 0 Å². The number of pyridine rings is 1. The molecule has 3 nitrogen and oxygen atoms in total. The molecule has 1 aromatic rings. The zero-order valence-corrected chi connectivity index (χ0v) is 12.1. The minimum Gasteiger partial charge on any atom is -0.360 e. The number of aromatic nitrogens is 1. The van der Waals surface area contributed by atoms with Gasteiger partial charge in [0.05, 0.1) is 10.7 Å². The van der Waals surface area contributed by atoms with Gasteiger partial charge in [-0.25, -0.2) is 4.98 Å². The molecule has 0 saturated heterocycles. The van der Waals surface area contributed by atoms with E-state index in [1.807, 2.05) is 19.2 Å². The van der Waals surface area contributed by atoms with E-state index in [4.69, 9.17) is 11.6 Å². The van der Waals surface area contributed by atoms with Gasteiger partial charge in [0, 0.05) is 25.7 Å². The van der Waals surface area contributed by atoms with Gasteiger partial charge >= 0.3 is 0 Å². The van der Waals surface area contributed by atoms with Crippen LogP contribution in [-0.4, -0.2) is 24.1 Å². The molecule has 0 unspecified atom stereocenters. The Kier molecular flexibility index (Phi) is 4.78. The molecular formula is C13H22ClN3. The first-order valence-corrected chi connectivity index (χ1v) is 6.33. The van der Waals surface area contributed by atoms with Gasteiger partial charge in [-0.1, -0.05) is 11.6 Å². The monoisotopic (exact) mass is 255 g/mol. The van der Waals surface area contributed by atoms with Crippen LogP contribution in [0.1, 0.15) is 33.4 Å². The summed E-state index contributed by atoms with van der Waals surface area (Å²) in [7, 11) is 2.03. The first kappa shape index (κ1) is 14.3. The van der Waals surface area contributed by atoms with Crippen LogP contribution < -0.4 is 10.2 Å². The molecule has 0 aliphatic rings. The second-order valence-corrected chi connectivity index (χ2v) is 5.62. The highest BCUT2D eigenvalue weighted by Gasteiger charge is 2.12. The summed E-state index contributed by atoms with van der Waals surface area (Å²) in [6.07, 6.45) is 0. The zero-order chi connectivity index (χ0) is 13.1. The van der Waals surface area contributed by atoms with Gasteiger partial charge < -0.3 is 10.2 Å². The van der Waals surface area contributed by atoms with Gasteiger partial charge in [0.15, 0.2) is 0 Å². The van der Waals surface area contributed by atoms with Crippen molar-refractivity contribution in [2.75, 3.05) is 18.5 Å². The van der Waals surface area contributed by atoms with E-state index in [2.05, 4.69) is 42.9 Å². The van der Waals surface area contributed by atoms with Crippen LogP contribution in [0.4, 0.5) is 5.82 Å². The number of hydrogen-bond acceptors (Lipinski definition) is 3. The van der Waals surface area contributed by atoms with Crippen molar-refractivity contribution < 1.29 is 0 Å². The van der Waals surface area contributed by atoms with Crippen LogP contribution in [0.3, 0.4) is 0 Å². The first-order chi connectivity index (χ1) is 7.83. The average Bonchev–Trinajstić information content (AvgIpc) is 2.26. The third kappa shape index (κ3) is 4.52. The Hall–Kier alpha value is -0.800. The van der Waals surface area contributed by atoms with Crippen LogP contribution in [0, 0.1) is 0 Å². The lowest BCUT2D eigenvalue weighted by Crippen LogP contribution is -2.35. The summed E-state index contributed by atoms with van der Waals surface area (Å²) in [4.78, 5) is 6.67. The minimum absolute atomic E-state index is 0.0671. The molecule has 1 N–H and O–H groups in total. The maximum Gasteiger partial charge on any atom is 0.128 e. The summed E-state index contributed by atoms with van der Waals surface area (Å²) in [5, 5.41) is 4.12. The summed E-state index contributed by atoms with van der Waals surface area (Å²) in [6, 6.07) is 3.86. The molecule has 0 bridgehead atoms. The Morgan fingerprint density at radius 2 is 2.00 bits per heavy atom. The summed E-state index contributed by atoms with van der Waals surface area (Å²) in [6.45, 7) is 10.1. The number of rotatable bonds is 4. The molecule has 96 valence electrons. The van der Waals surface area contributed by atoms with Gasteiger partial charge in [0.25, 0.3) is 0 Å². The first-order valence-electron chi connectivity index (χ1n) is 5.95. The maximum absolute atomic E-state index is 6.15. The number of nitrogens with zero attached hydrogens (tertiary/aromatic N) is 2. The fraction of sp³-hybridized carbons (Fsp3) is 0.615. The lowest BCUT2D eigenvalue weighted by molar-refractivity contribution is 0.421. The van der Waals surface area contributed by atoms with E-state index >= 15 is 0 Å². The highest BCUT2D eigenvalue weighted by molar-refractivity contribution is 6.31. The van der Waals surface area contributed by atoms with Crippen LogP contribution in [0.15, 0.2) is 12.1 Å². The molecule has 0 aromatic carbocycles. The van der Waals surface area contributed by atoms with E-state index < -0.39 is 0 Å². The van der Waals surface area contributed by atoms with Crippen molar-refractivity contribution in [2.45, 2.75) is 39.8 Å². The van der Waals surface area contributed by atoms with Crippen LogP contribution in [0.2, 0.25) is 5.02 Å². The summed E-state index contributed by atoms with van der Waals surface area (Å²) < 4.78 is 0. The normalized spacial score (nSPS) is 11.6. The van der Waals surface area contributed by atoms with E-state index in [1.165, 1.54) is 0 Å². The maximum atomic E-state index is 6.15. The summed E-state index contributed by atoms with van der Waals surface area (Å²) in [5.74, 6) is 0.961. The average molecular weight is 256 g/mol. The van der Waals surface area contributed by atoms with Crippen molar-refractivity contribution >= 4 is 17.4 Å². The predicted octanol–water partition coefficient (Wildman–Crippen LogP) is 3.08. The predicted molar refractivity (Wildman–Crippen MR) is 74.8 cm³/mol. The molecule has 0 amide bonds. The molecule has 0 atom stereocenters. The van der Waals surface area contributed by atoms with E-state index in [9.17, 15) is 0 Å². The smallest absolute Gasteiger partial charge is 0.128 e. The van der Waals surface area contributed by atoms with Crippen LogP contribution >= 0.6 is 11.6 Å². The second-order valence-electron chi connectivity index (χ2n) is 5.22. The fourth-order valence-corrected chi connectivity index (χ4v) is 1.49. The molecular weight excluding hydrogens is 234 g/mol. The molecule has 1 aromatic heterocycles. The molecule has 0 fully saturated rings. The third-order valence-electron chi connectivity index (χ3n) is 2.56. The Morgan fingerprint density at radius 3 is 2.53 bits per heavy atom. The molecule has 4 heteroatoms. The Balaban J connectivity index is 2.83. The van der Waals surface area contributed by atoms with Crippen molar-refractivity contribution in [1.29, 1.82) is 0 Å². The van der Waals surface area contributed by atoms with Crippen molar-refractivity contribution in [1.82, 2.24) is 10.3 Å². The van der Waals surface area contributed by atoms with Crippen molar-refractivity contribution in [2.24, 2.45) is 0 Å². The topological polar surface area (TPSA) is 28.2 Å². The summed E-state index contributed by atoms with van der Waals surface area (Å²) >= 11 is 6.15. The second kappa shape index (κ2) is 5.69. The van der Waals surface area contributed by atoms with Crippen molar-refractivity contribution in [3.63, 3.8) is 0 Å². The van der Waals surface area contributed by atoms with E-state index in [0.717, 1.165) is 23.1 Å². The zero-order valence-electron chi connectivity index (χ0n) is 11.3. The number of hydrogen-bond donors (Lipinski definition) is 1. The van der Waals surface area contributed by atoms with E-state index in [-0.39, 0.29) is 5.54 Å². The molecule has 17 heavy (non-hydrogen) atoms. The van der Waals surface area contributed by atoms with Gasteiger partial charge in [0.1, 0.15) is 5.82 Å². The quantitative estimate of drug-likeness (QED) is 0.896. The highest BCUT2D eigenvalue weighted by atomic mass is 35.5. The van der Waals surface area contributed by atoms with Crippen LogP contribution in [0.25, 0.3) is 0 Å². The van der Waals surface area contributed by atoms with Gasteiger partial charge in [-0.2, -0.15) is 0 Å². The minimum atomic E-state index is 0.0671. The standard InChI is InChI=1S/C13H22ClN3/c1-6-17(5)12-8-7-10(14)11(16-12)9-15-13(2,3)4/h7-8,15H,6,9H2,1-5H3. The van der Waals surface area contributed by atoms with Gasteiger partial charge in [0.2, 0.25) is 0 Å².